The molecule has 0 N–H and O–H groups in total. The number of hydrogen-bond donors (Lipinski definition) is 0. The fraction of sp³-hybridized carbons (Fsp3) is 0.800. The van der Waals surface area contributed by atoms with Gasteiger partial charge < -0.3 is 4.74 Å². The van der Waals surface area contributed by atoms with Gasteiger partial charge in [-0.3, -0.25) is 4.74 Å². The van der Waals surface area contributed by atoms with Gasteiger partial charge >= 0.3 is 6.36 Å². The Morgan fingerprint density at radius 2 is 2.20 bits per heavy atom. The summed E-state index contributed by atoms with van der Waals surface area (Å²) in [7, 11) is 0. The van der Waals surface area contributed by atoms with Crippen LogP contribution in [0.5, 0.6) is 0 Å². The number of alkyl halides is 3. The maximum Gasteiger partial charge on any atom is 0.522 e. The lowest BCUT2D eigenvalue weighted by atomic mass is 10.3. The van der Waals surface area contributed by atoms with Gasteiger partial charge in [-0.1, -0.05) is 0 Å². The smallest absolute Gasteiger partial charge is 0.378 e. The number of rotatable bonds is 1. The lowest BCUT2D eigenvalue weighted by Gasteiger charge is -2.11. The standard InChI is InChI=1S/C5H6F3O2/c6-5(7,8)10-4-1-2-9-3-4/h1,4H,2-3H2. The van der Waals surface area contributed by atoms with Crippen molar-refractivity contribution in [3.8, 4) is 0 Å². The molecule has 2 nitrogen and oxygen atoms in total. The summed E-state index contributed by atoms with van der Waals surface area (Å²) in [6.45, 7) is 0.236. The molecule has 1 rings (SSSR count). The van der Waals surface area contributed by atoms with Crippen molar-refractivity contribution in [1.82, 2.24) is 0 Å². The molecule has 1 aliphatic rings. The summed E-state index contributed by atoms with van der Waals surface area (Å²) in [6.07, 6.45) is -4.12. The average Bonchev–Trinajstić information content (AvgIpc) is 2.12. The molecule has 0 aromatic heterocycles. The zero-order valence-corrected chi connectivity index (χ0v) is 5.02. The van der Waals surface area contributed by atoms with Crippen molar-refractivity contribution in [3.63, 3.8) is 0 Å². The first kappa shape index (κ1) is 7.81. The van der Waals surface area contributed by atoms with Crippen LogP contribution in [0.25, 0.3) is 0 Å². The quantitative estimate of drug-likeness (QED) is 0.565. The van der Waals surface area contributed by atoms with Gasteiger partial charge in [-0.2, -0.15) is 0 Å². The summed E-state index contributed by atoms with van der Waals surface area (Å²) in [5.74, 6) is 0. The van der Waals surface area contributed by atoms with Crippen molar-refractivity contribution in [3.05, 3.63) is 6.42 Å². The van der Waals surface area contributed by atoms with Crippen LogP contribution in [0.15, 0.2) is 0 Å². The van der Waals surface area contributed by atoms with E-state index in [1.165, 1.54) is 6.42 Å². The van der Waals surface area contributed by atoms with Gasteiger partial charge in [0.2, 0.25) is 0 Å². The highest BCUT2D eigenvalue weighted by Crippen LogP contribution is 2.21. The Morgan fingerprint density at radius 1 is 1.50 bits per heavy atom. The van der Waals surface area contributed by atoms with Crippen LogP contribution >= 0.6 is 0 Å². The maximum absolute atomic E-state index is 11.4. The molecule has 0 aromatic carbocycles. The fourth-order valence-corrected chi connectivity index (χ4v) is 0.681. The van der Waals surface area contributed by atoms with Gasteiger partial charge in [-0.05, 0) is 0 Å². The lowest BCUT2D eigenvalue weighted by molar-refractivity contribution is -0.337. The van der Waals surface area contributed by atoms with Gasteiger partial charge in [0.15, 0.2) is 0 Å². The van der Waals surface area contributed by atoms with Gasteiger partial charge in [0.05, 0.1) is 19.3 Å². The first-order chi connectivity index (χ1) is 4.58. The van der Waals surface area contributed by atoms with Gasteiger partial charge in [0, 0.05) is 6.42 Å². The first-order valence-corrected chi connectivity index (χ1v) is 2.73. The van der Waals surface area contributed by atoms with Crippen molar-refractivity contribution in [2.75, 3.05) is 13.2 Å². The van der Waals surface area contributed by atoms with Gasteiger partial charge in [-0.25, -0.2) is 0 Å². The highest BCUT2D eigenvalue weighted by atomic mass is 19.4. The summed E-state index contributed by atoms with van der Waals surface area (Å²) < 4.78 is 42.5. The van der Waals surface area contributed by atoms with E-state index < -0.39 is 12.5 Å². The molecule has 1 saturated heterocycles. The molecule has 0 spiro atoms. The maximum atomic E-state index is 11.4. The third kappa shape index (κ3) is 2.53. The van der Waals surface area contributed by atoms with Crippen LogP contribution < -0.4 is 0 Å². The highest BCUT2D eigenvalue weighted by molar-refractivity contribution is 4.82. The zero-order chi connectivity index (χ0) is 7.61. The molecule has 1 heterocycles. The Bertz CT molecular complexity index is 106. The second-order valence-electron chi connectivity index (χ2n) is 1.88. The number of ether oxygens (including phenoxy) is 2. The van der Waals surface area contributed by atoms with Crippen LogP contribution in [0, 0.1) is 6.42 Å². The number of halogens is 3. The summed E-state index contributed by atoms with van der Waals surface area (Å²) in [5, 5.41) is 0. The molecule has 10 heavy (non-hydrogen) atoms. The molecule has 5 heteroatoms. The molecule has 59 valence electrons. The van der Waals surface area contributed by atoms with Gasteiger partial charge in [0.1, 0.15) is 0 Å². The predicted octanol–water partition coefficient (Wildman–Crippen LogP) is 1.13. The van der Waals surface area contributed by atoms with E-state index in [-0.39, 0.29) is 13.2 Å². The summed E-state index contributed by atoms with van der Waals surface area (Å²) >= 11 is 0. The molecule has 0 aliphatic carbocycles. The van der Waals surface area contributed by atoms with Crippen LogP contribution in [0.3, 0.4) is 0 Å². The minimum Gasteiger partial charge on any atom is -0.378 e. The van der Waals surface area contributed by atoms with Crippen LogP contribution in [0.2, 0.25) is 0 Å². The minimum atomic E-state index is -4.55. The van der Waals surface area contributed by atoms with E-state index in [4.69, 9.17) is 0 Å². The second-order valence-corrected chi connectivity index (χ2v) is 1.88. The van der Waals surface area contributed by atoms with E-state index >= 15 is 0 Å². The molecular weight excluding hydrogens is 149 g/mol. The molecule has 0 saturated carbocycles. The molecular formula is C5H6F3O2. The third-order valence-electron chi connectivity index (χ3n) is 1.04. The first-order valence-electron chi connectivity index (χ1n) is 2.73. The Labute approximate surface area is 55.9 Å². The van der Waals surface area contributed by atoms with E-state index in [0.717, 1.165) is 0 Å². The summed E-state index contributed by atoms with van der Waals surface area (Å²) in [4.78, 5) is 0. The summed E-state index contributed by atoms with van der Waals surface area (Å²) in [5.41, 5.74) is 0. The fourth-order valence-electron chi connectivity index (χ4n) is 0.681. The molecule has 1 unspecified atom stereocenters. The van der Waals surface area contributed by atoms with Crippen LogP contribution in [0.4, 0.5) is 13.2 Å². The van der Waals surface area contributed by atoms with Crippen molar-refractivity contribution >= 4 is 0 Å². The monoisotopic (exact) mass is 155 g/mol. The van der Waals surface area contributed by atoms with Gasteiger partial charge in [-0.15, -0.1) is 13.2 Å². The molecule has 1 radical (unpaired) electrons. The minimum absolute atomic E-state index is 0.000486. The molecule has 0 bridgehead atoms. The lowest BCUT2D eigenvalue weighted by Crippen LogP contribution is -2.23. The molecule has 1 aliphatic heterocycles. The SMILES string of the molecule is FC(F)(F)OC1[CH]COC1. The molecule has 1 fully saturated rings. The van der Waals surface area contributed by atoms with E-state index in [2.05, 4.69) is 9.47 Å². The van der Waals surface area contributed by atoms with Crippen LogP contribution in [0.1, 0.15) is 0 Å². The van der Waals surface area contributed by atoms with Gasteiger partial charge in [0.25, 0.3) is 0 Å². The van der Waals surface area contributed by atoms with E-state index in [1.807, 2.05) is 0 Å². The normalized spacial score (nSPS) is 27.3. The van der Waals surface area contributed by atoms with Crippen molar-refractivity contribution < 1.29 is 22.6 Å². The largest absolute Gasteiger partial charge is 0.522 e. The molecule has 0 amide bonds. The van der Waals surface area contributed by atoms with E-state index in [9.17, 15) is 13.2 Å². The molecule has 0 aromatic rings. The van der Waals surface area contributed by atoms with Crippen molar-refractivity contribution in [2.45, 2.75) is 12.5 Å². The zero-order valence-electron chi connectivity index (χ0n) is 5.02. The van der Waals surface area contributed by atoms with Crippen LogP contribution in [-0.4, -0.2) is 25.7 Å². The van der Waals surface area contributed by atoms with Crippen molar-refractivity contribution in [2.24, 2.45) is 0 Å². The Balaban J connectivity index is 2.24. The number of hydrogen-bond acceptors (Lipinski definition) is 2. The van der Waals surface area contributed by atoms with Crippen LogP contribution in [-0.2, 0) is 9.47 Å². The molecule has 1 atom stereocenters. The topological polar surface area (TPSA) is 18.5 Å². The predicted molar refractivity (Wildman–Crippen MR) is 26.0 cm³/mol. The Hall–Kier alpha value is -0.290. The highest BCUT2D eigenvalue weighted by Gasteiger charge is 2.35. The average molecular weight is 155 g/mol. The third-order valence-corrected chi connectivity index (χ3v) is 1.04. The van der Waals surface area contributed by atoms with E-state index in [0.29, 0.717) is 0 Å². The van der Waals surface area contributed by atoms with Crippen molar-refractivity contribution in [1.29, 1.82) is 0 Å². The summed E-state index contributed by atoms with van der Waals surface area (Å²) in [6, 6.07) is 0. The Morgan fingerprint density at radius 3 is 2.60 bits per heavy atom. The van der Waals surface area contributed by atoms with E-state index in [1.54, 1.807) is 0 Å². The Kier molecular flexibility index (Phi) is 2.15. The second kappa shape index (κ2) is 2.75.